The average molecular weight is 1200 g/mol. The Morgan fingerprint density at radius 1 is 0.592 bits per heavy atom. The second kappa shape index (κ2) is 23.0. The van der Waals surface area contributed by atoms with Gasteiger partial charge in [0.1, 0.15) is 17.2 Å². The number of carbonyl (C=O) groups is 1. The first kappa shape index (κ1) is 67.5. The molecule has 0 saturated carbocycles. The van der Waals surface area contributed by atoms with Gasteiger partial charge in [0.15, 0.2) is 33.6 Å². The van der Waals surface area contributed by atoms with E-state index in [2.05, 4.69) is 53.0 Å². The lowest BCUT2D eigenvalue weighted by atomic mass is 10.0. The van der Waals surface area contributed by atoms with Crippen LogP contribution in [0.1, 0.15) is 80.5 Å². The predicted molar refractivity (Wildman–Crippen MR) is 262 cm³/mol. The van der Waals surface area contributed by atoms with E-state index in [1.165, 1.54) is 18.7 Å². The van der Waals surface area contributed by atoms with E-state index >= 15 is 0 Å². The maximum Gasteiger partial charge on any atom is 0.534 e. The normalized spacial score (nSPS) is 14.5. The molecule has 0 fully saturated rings. The van der Waals surface area contributed by atoms with Crippen LogP contribution in [-0.2, 0) is 87.8 Å². The molecule has 3 aromatic rings. The number of nitrogens with zero attached hydrogens (tertiary/aromatic N) is 7. The summed E-state index contributed by atoms with van der Waals surface area (Å²) >= 11 is 0. The van der Waals surface area contributed by atoms with E-state index in [-0.39, 0.29) is 64.3 Å². The Labute approximate surface area is 432 Å². The van der Waals surface area contributed by atoms with Crippen LogP contribution in [-0.4, -0.2) is 105 Å². The van der Waals surface area contributed by atoms with E-state index in [9.17, 15) is 88.7 Å². The maximum atomic E-state index is 13.0. The Morgan fingerprint density at radius 2 is 0.987 bits per heavy atom. The van der Waals surface area contributed by atoms with E-state index in [1.807, 2.05) is 65.2 Å². The van der Waals surface area contributed by atoms with E-state index in [4.69, 9.17) is 8.85 Å². The van der Waals surface area contributed by atoms with Crippen LogP contribution in [0.2, 0.25) is 36.3 Å². The van der Waals surface area contributed by atoms with Crippen LogP contribution in [0.5, 0.6) is 5.88 Å². The minimum Gasteiger partial charge on any atom is -0.411 e. The van der Waals surface area contributed by atoms with Crippen molar-refractivity contribution in [1.82, 2.24) is 28.2 Å². The van der Waals surface area contributed by atoms with Crippen molar-refractivity contribution in [3.63, 3.8) is 0 Å². The summed E-state index contributed by atoms with van der Waals surface area (Å²) in [6.45, 7) is 28.0. The summed E-state index contributed by atoms with van der Waals surface area (Å²) in [5, 5.41) is -0.273. The van der Waals surface area contributed by atoms with Gasteiger partial charge in [0, 0.05) is 33.6 Å². The number of ketones is 1. The van der Waals surface area contributed by atoms with Crippen LogP contribution in [0.25, 0.3) is 11.2 Å². The quantitative estimate of drug-likeness (QED) is 0.0772. The summed E-state index contributed by atoms with van der Waals surface area (Å²) in [4.78, 5) is 75.4. The number of halogens is 9. The number of hydrogen-bond donors (Lipinski definition) is 0. The molecular weight excluding hydrogens is 1140 g/mol. The van der Waals surface area contributed by atoms with Gasteiger partial charge in [-0.05, 0) is 48.1 Å². The number of aliphatic imine (C=N–C) groups is 1. The Balaban J connectivity index is 0.000000419. The fourth-order valence-electron chi connectivity index (χ4n) is 5.46. The zero-order valence-electron chi connectivity index (χ0n) is 44.1. The molecule has 36 heteroatoms. The van der Waals surface area contributed by atoms with Gasteiger partial charge in [-0.25, -0.2) is 24.5 Å². The van der Waals surface area contributed by atoms with E-state index < -0.39 is 104 Å². The fraction of sp³-hybridized carbons (Fsp3) is 0.700. The Bertz CT molecular complexity index is 3280. The Hall–Kier alpha value is -4.63. The molecule has 0 atom stereocenters. The molecule has 76 heavy (non-hydrogen) atoms. The van der Waals surface area contributed by atoms with Crippen LogP contribution in [0.3, 0.4) is 0 Å². The van der Waals surface area contributed by atoms with Crippen LogP contribution in [0.4, 0.5) is 45.3 Å². The molecule has 22 nitrogen and oxygen atoms in total. The third kappa shape index (κ3) is 15.8. The average Bonchev–Trinajstić information content (AvgIpc) is 3.22. The number of fused-ring (bicyclic) bond motifs is 2. The number of rotatable bonds is 14. The van der Waals surface area contributed by atoms with Crippen molar-refractivity contribution in [1.29, 1.82) is 0 Å². The molecule has 4 rings (SSSR count). The van der Waals surface area contributed by atoms with E-state index in [1.54, 1.807) is 0 Å². The molecule has 0 spiro atoms. The lowest BCUT2D eigenvalue weighted by molar-refractivity contribution is -0.112. The maximum absolute atomic E-state index is 13.0. The van der Waals surface area contributed by atoms with Gasteiger partial charge in [-0.2, -0.15) is 64.8 Å². The van der Waals surface area contributed by atoms with Crippen molar-refractivity contribution in [2.75, 3.05) is 6.61 Å². The highest BCUT2D eigenvalue weighted by Crippen LogP contribution is 2.39. The molecule has 434 valence electrons. The molecule has 0 unspecified atom stereocenters. The lowest BCUT2D eigenvalue weighted by Crippen LogP contribution is -2.45. The summed E-state index contributed by atoms with van der Waals surface area (Å²) in [7, 11) is -21.7. The molecule has 1 aliphatic rings. The van der Waals surface area contributed by atoms with Crippen molar-refractivity contribution in [3.8, 4) is 5.88 Å². The Morgan fingerprint density at radius 3 is 1.39 bits per heavy atom. The summed E-state index contributed by atoms with van der Waals surface area (Å²) in [5.41, 5.74) is -21.3. The molecule has 0 radical (unpaired) electrons. The number of alkyl halides is 9. The van der Waals surface area contributed by atoms with Crippen molar-refractivity contribution < 1.29 is 86.2 Å². The van der Waals surface area contributed by atoms with Gasteiger partial charge >= 0.3 is 58.3 Å². The smallest absolute Gasteiger partial charge is 0.411 e. The molecule has 0 bridgehead atoms. The highest BCUT2D eigenvalue weighted by molar-refractivity contribution is 8.00. The number of Topliss-reactive ketones (excluding diaryl/α,β-unsaturated/α-hetero) is 1. The number of hydrogen-bond acceptors (Lipinski definition) is 18. The summed E-state index contributed by atoms with van der Waals surface area (Å²) < 4.78 is 193. The molecular formula is C40H60F9N7O15S3Si2. The van der Waals surface area contributed by atoms with Gasteiger partial charge in [0.05, 0.1) is 18.8 Å². The van der Waals surface area contributed by atoms with Gasteiger partial charge < -0.3 is 13.0 Å². The van der Waals surface area contributed by atoms with E-state index in [0.29, 0.717) is 22.5 Å². The van der Waals surface area contributed by atoms with Crippen molar-refractivity contribution in [2.45, 2.75) is 148 Å². The SMILES string of the molecule is CC(C)Cn1c(=O)n(C)c(=O)c2nc(OS(=O)(=O)C(F)(F)F)c(CO[Si](C)(C)C(C)(C)C)nc21.CC(C)Cn1c2c(c(=O)n(C)c1=O)CC(=O)C(CO[Si](C)(C)C(C)(C)C)=N2.O=S(=O)(OS(=O)(=O)C(F)(F)F)C(F)(F)F. The molecule has 3 aromatic heterocycles. The minimum atomic E-state index is -6.85. The van der Waals surface area contributed by atoms with Gasteiger partial charge in [-0.3, -0.25) is 32.7 Å². The first-order valence-electron chi connectivity index (χ1n) is 22.2. The predicted octanol–water partition coefficient (Wildman–Crippen LogP) is 6.02. The fourth-order valence-corrected chi connectivity index (χ4v) is 9.32. The van der Waals surface area contributed by atoms with Crippen molar-refractivity contribution >= 4 is 75.5 Å². The zero-order valence-corrected chi connectivity index (χ0v) is 48.5. The second-order valence-electron chi connectivity index (χ2n) is 20.9. The van der Waals surface area contributed by atoms with Gasteiger partial charge in [-0.15, -0.1) is 3.63 Å². The molecule has 0 aliphatic carbocycles. The minimum absolute atomic E-state index is 0.0128. The first-order valence-corrected chi connectivity index (χ1v) is 32.3. The van der Waals surface area contributed by atoms with Gasteiger partial charge in [0.2, 0.25) is 0 Å². The first-order chi connectivity index (χ1) is 33.7. The monoisotopic (exact) mass is 1200 g/mol. The number of aromatic nitrogens is 6. The van der Waals surface area contributed by atoms with Crippen LogP contribution >= 0.6 is 0 Å². The summed E-state index contributed by atoms with van der Waals surface area (Å²) in [5.74, 6) is -0.800. The largest absolute Gasteiger partial charge is 0.534 e. The highest BCUT2D eigenvalue weighted by atomic mass is 32.3. The standard InChI is InChI=1S/C19H29F3N4O6SSi.C19H31N3O4Si.C2F6O5S2/c1-11(2)9-26-14-13(16(27)25(6)17(26)28)24-15(32-33(29,30)19(20,21)22)12(23-14)10-31-34(7,8)18(3,4)5;1-12(2)10-22-16-13(17(24)21(6)18(22)25)9-15(23)14(20-16)11-26-27(7,8)19(3,4)5;3-1(4,5)14(9,10)13-15(11,12)2(6,7)8/h11H,9-10H2,1-8H3;12H,9-11H2,1-8H3;. The zero-order chi connectivity index (χ0) is 59.9. The molecule has 0 amide bonds. The molecule has 4 heterocycles. The third-order valence-electron chi connectivity index (χ3n) is 11.8. The molecule has 0 saturated heterocycles. The van der Waals surface area contributed by atoms with E-state index in [0.717, 1.165) is 9.13 Å². The highest BCUT2D eigenvalue weighted by Gasteiger charge is 2.57. The van der Waals surface area contributed by atoms with Gasteiger partial charge in [0.25, 0.3) is 17.0 Å². The third-order valence-corrected chi connectivity index (χ3v) is 24.2. The second-order valence-corrected chi connectivity index (χ2v) is 35.3. The number of carbonyl (C=O) groups excluding carboxylic acids is 1. The summed E-state index contributed by atoms with van der Waals surface area (Å²) in [6.07, 6.45) is -0.0416. The molecule has 0 aromatic carbocycles. The molecule has 1 aliphatic heterocycles. The topological polar surface area (TPSA) is 283 Å². The summed E-state index contributed by atoms with van der Waals surface area (Å²) in [6, 6.07) is 0. The van der Waals surface area contributed by atoms with Crippen molar-refractivity contribution in [2.24, 2.45) is 30.9 Å². The van der Waals surface area contributed by atoms with Crippen LogP contribution in [0, 0.1) is 11.8 Å². The Kier molecular flexibility index (Phi) is 20.4. The van der Waals surface area contributed by atoms with Gasteiger partial charge in [-0.1, -0.05) is 69.2 Å². The van der Waals surface area contributed by atoms with Crippen molar-refractivity contribution in [3.05, 3.63) is 52.9 Å². The lowest BCUT2D eigenvalue weighted by Gasteiger charge is -2.36. The van der Waals surface area contributed by atoms with Crippen LogP contribution < -0.4 is 26.7 Å². The molecule has 0 N–H and O–H groups in total. The van der Waals surface area contributed by atoms with Crippen LogP contribution in [0.15, 0.2) is 24.2 Å².